The fourth-order valence-corrected chi connectivity index (χ4v) is 5.85. The van der Waals surface area contributed by atoms with Crippen molar-refractivity contribution in [2.75, 3.05) is 19.6 Å². The summed E-state index contributed by atoms with van der Waals surface area (Å²) in [5, 5.41) is 1.30. The molecule has 0 amide bonds. The summed E-state index contributed by atoms with van der Waals surface area (Å²) in [4.78, 5) is 2.61. The van der Waals surface area contributed by atoms with Crippen LogP contribution in [-0.2, 0) is 23.4 Å². The van der Waals surface area contributed by atoms with E-state index in [1.807, 2.05) is 12.1 Å². The molecular weight excluding hydrogens is 422 g/mol. The number of unbranched alkanes of at least 4 members (excludes halogenated alkanes) is 1. The SMILES string of the molecule is [18F]c1ccc(-n2cc(CCCCN3CCC4(CC3)OCc3ccccc34)c3ccccc32)cc1. The zero-order valence-electron chi connectivity index (χ0n) is 19.6. The zero-order valence-corrected chi connectivity index (χ0v) is 19.6. The van der Waals surface area contributed by atoms with Gasteiger partial charge in [-0.05, 0) is 85.7 Å². The van der Waals surface area contributed by atoms with Crippen LogP contribution in [0.1, 0.15) is 42.4 Å². The van der Waals surface area contributed by atoms with E-state index in [1.54, 1.807) is 0 Å². The number of halogens is 1. The minimum absolute atomic E-state index is 0.0464. The Morgan fingerprint density at radius 2 is 1.62 bits per heavy atom. The number of rotatable bonds is 6. The van der Waals surface area contributed by atoms with Crippen molar-refractivity contribution in [3.05, 3.63) is 102 Å². The van der Waals surface area contributed by atoms with Crippen LogP contribution in [0.5, 0.6) is 0 Å². The quantitative estimate of drug-likeness (QED) is 0.306. The van der Waals surface area contributed by atoms with Crippen LogP contribution in [0.3, 0.4) is 0 Å². The third-order valence-electron chi connectivity index (χ3n) is 7.75. The van der Waals surface area contributed by atoms with Crippen molar-refractivity contribution in [3.63, 3.8) is 0 Å². The van der Waals surface area contributed by atoms with E-state index < -0.39 is 0 Å². The minimum Gasteiger partial charge on any atom is -0.365 e. The number of hydrogen-bond acceptors (Lipinski definition) is 2. The summed E-state index contributed by atoms with van der Waals surface area (Å²) in [6, 6.07) is 24.0. The van der Waals surface area contributed by atoms with Gasteiger partial charge in [-0.3, -0.25) is 0 Å². The molecule has 2 aliphatic heterocycles. The number of hydrogen-bond donors (Lipinski definition) is 0. The molecule has 6 rings (SSSR count). The summed E-state index contributed by atoms with van der Waals surface area (Å²) in [6.07, 6.45) is 7.84. The topological polar surface area (TPSA) is 17.4 Å². The predicted octanol–water partition coefficient (Wildman–Crippen LogP) is 6.61. The molecule has 1 saturated heterocycles. The Bertz CT molecular complexity index is 1280. The third-order valence-corrected chi connectivity index (χ3v) is 7.75. The number of nitrogens with zero attached hydrogens (tertiary/aromatic N) is 2. The molecule has 0 saturated carbocycles. The number of likely N-dealkylation sites (tertiary alicyclic amines) is 1. The molecule has 0 radical (unpaired) electrons. The maximum Gasteiger partial charge on any atom is 0.123 e. The molecule has 0 atom stereocenters. The van der Waals surface area contributed by atoms with Gasteiger partial charge in [0.1, 0.15) is 5.82 Å². The number of fused-ring (bicyclic) bond motifs is 3. The standard InChI is InChI=1S/C30H31FN2O/c31-25-12-14-26(15-13-25)33-21-23(27-9-2-4-11-29(27)33)7-5-6-18-32-19-16-30(17-20-32)28-10-3-1-8-24(28)22-34-30/h1-4,8-15,21H,5-7,16-20,22H2/i31-1. The van der Waals surface area contributed by atoms with Gasteiger partial charge in [0.2, 0.25) is 0 Å². The van der Waals surface area contributed by atoms with E-state index in [4.69, 9.17) is 4.74 Å². The fourth-order valence-electron chi connectivity index (χ4n) is 5.85. The van der Waals surface area contributed by atoms with E-state index in [-0.39, 0.29) is 11.4 Å². The monoisotopic (exact) mass is 453 g/mol. The number of aryl methyl sites for hydroxylation is 1. The van der Waals surface area contributed by atoms with Crippen molar-refractivity contribution in [1.82, 2.24) is 9.47 Å². The van der Waals surface area contributed by atoms with Gasteiger partial charge < -0.3 is 14.2 Å². The van der Waals surface area contributed by atoms with Crippen molar-refractivity contribution in [3.8, 4) is 5.69 Å². The molecule has 4 aromatic rings. The maximum absolute atomic E-state index is 13.4. The molecule has 2 aliphatic rings. The lowest BCUT2D eigenvalue weighted by Gasteiger charge is -2.39. The molecule has 174 valence electrons. The predicted molar refractivity (Wildman–Crippen MR) is 135 cm³/mol. The number of para-hydroxylation sites is 1. The van der Waals surface area contributed by atoms with Crippen molar-refractivity contribution < 1.29 is 9.13 Å². The van der Waals surface area contributed by atoms with Crippen molar-refractivity contribution in [2.45, 2.75) is 44.3 Å². The molecule has 3 heterocycles. The first-order valence-electron chi connectivity index (χ1n) is 12.5. The molecule has 4 heteroatoms. The average molecular weight is 454 g/mol. The van der Waals surface area contributed by atoms with E-state index in [1.165, 1.54) is 52.6 Å². The van der Waals surface area contributed by atoms with Gasteiger partial charge >= 0.3 is 0 Å². The number of ether oxygens (including phenoxy) is 1. The van der Waals surface area contributed by atoms with Crippen LogP contribution in [-0.4, -0.2) is 29.1 Å². The van der Waals surface area contributed by atoms with Crippen LogP contribution in [0.2, 0.25) is 0 Å². The van der Waals surface area contributed by atoms with Gasteiger partial charge in [0.25, 0.3) is 0 Å². The summed E-state index contributed by atoms with van der Waals surface area (Å²) in [6.45, 7) is 4.13. The molecule has 0 aliphatic carbocycles. The second-order valence-electron chi connectivity index (χ2n) is 9.76. The van der Waals surface area contributed by atoms with Crippen molar-refractivity contribution in [2.24, 2.45) is 0 Å². The highest BCUT2D eigenvalue weighted by molar-refractivity contribution is 5.85. The molecule has 1 spiro atoms. The summed E-state index contributed by atoms with van der Waals surface area (Å²) in [5.74, 6) is -0.201. The molecular formula is C30H31FN2O. The Labute approximate surface area is 200 Å². The first-order chi connectivity index (χ1) is 16.7. The summed E-state index contributed by atoms with van der Waals surface area (Å²) in [7, 11) is 0. The maximum atomic E-state index is 13.4. The van der Waals surface area contributed by atoms with Crippen LogP contribution in [0.15, 0.2) is 79.0 Å². The second kappa shape index (κ2) is 9.01. The van der Waals surface area contributed by atoms with E-state index in [0.29, 0.717) is 0 Å². The highest BCUT2D eigenvalue weighted by Crippen LogP contribution is 2.44. The van der Waals surface area contributed by atoms with Gasteiger partial charge in [-0.1, -0.05) is 42.5 Å². The third kappa shape index (κ3) is 3.95. The molecule has 3 nitrogen and oxygen atoms in total. The summed E-state index contributed by atoms with van der Waals surface area (Å²) in [5.41, 5.74) is 6.30. The molecule has 0 unspecified atom stereocenters. The minimum atomic E-state index is -0.201. The van der Waals surface area contributed by atoms with Crippen LogP contribution in [0, 0.1) is 5.82 Å². The highest BCUT2D eigenvalue weighted by atomic mass is 18.2. The van der Waals surface area contributed by atoms with E-state index in [2.05, 4.69) is 64.2 Å². The van der Waals surface area contributed by atoms with E-state index >= 15 is 0 Å². The summed E-state index contributed by atoms with van der Waals surface area (Å²) < 4.78 is 21.9. The second-order valence-corrected chi connectivity index (χ2v) is 9.76. The average Bonchev–Trinajstić information content (AvgIpc) is 3.43. The molecule has 34 heavy (non-hydrogen) atoms. The smallest absolute Gasteiger partial charge is 0.123 e. The Balaban J connectivity index is 1.06. The van der Waals surface area contributed by atoms with Gasteiger partial charge in [-0.2, -0.15) is 0 Å². The van der Waals surface area contributed by atoms with Gasteiger partial charge in [-0.25, -0.2) is 4.39 Å². The molecule has 1 fully saturated rings. The lowest BCUT2D eigenvalue weighted by Crippen LogP contribution is -2.42. The Morgan fingerprint density at radius 1 is 0.853 bits per heavy atom. The van der Waals surface area contributed by atoms with Gasteiger partial charge in [0.15, 0.2) is 0 Å². The van der Waals surface area contributed by atoms with Crippen LogP contribution >= 0.6 is 0 Å². The lowest BCUT2D eigenvalue weighted by molar-refractivity contribution is -0.0788. The number of piperidine rings is 1. The molecule has 0 N–H and O–H groups in total. The fraction of sp³-hybridized carbons (Fsp3) is 0.333. The van der Waals surface area contributed by atoms with Crippen molar-refractivity contribution in [1.29, 1.82) is 0 Å². The van der Waals surface area contributed by atoms with Gasteiger partial charge in [-0.15, -0.1) is 0 Å². The van der Waals surface area contributed by atoms with Crippen LogP contribution < -0.4 is 0 Å². The normalized spacial score (nSPS) is 17.4. The molecule has 1 aromatic heterocycles. The first kappa shape index (κ1) is 21.6. The zero-order chi connectivity index (χ0) is 23.0. The molecule has 0 bridgehead atoms. The van der Waals surface area contributed by atoms with E-state index in [0.717, 1.165) is 51.2 Å². The van der Waals surface area contributed by atoms with Gasteiger partial charge in [0, 0.05) is 30.4 Å². The highest BCUT2D eigenvalue weighted by Gasteiger charge is 2.42. The number of benzene rings is 3. The largest absolute Gasteiger partial charge is 0.365 e. The Hall–Kier alpha value is -2.95. The molecule has 3 aromatic carbocycles. The Morgan fingerprint density at radius 3 is 2.47 bits per heavy atom. The van der Waals surface area contributed by atoms with Crippen molar-refractivity contribution >= 4 is 10.9 Å². The van der Waals surface area contributed by atoms with Crippen LogP contribution in [0.4, 0.5) is 4.39 Å². The first-order valence-corrected chi connectivity index (χ1v) is 12.5. The lowest BCUT2D eigenvalue weighted by atomic mass is 9.84. The van der Waals surface area contributed by atoms with Crippen LogP contribution in [0.25, 0.3) is 16.6 Å². The van der Waals surface area contributed by atoms with E-state index in [9.17, 15) is 4.39 Å². The Kier molecular flexibility index (Phi) is 5.72. The summed E-state index contributed by atoms with van der Waals surface area (Å²) >= 11 is 0. The number of aromatic nitrogens is 1. The van der Waals surface area contributed by atoms with Gasteiger partial charge in [0.05, 0.1) is 17.7 Å².